The van der Waals surface area contributed by atoms with Gasteiger partial charge in [0.2, 0.25) is 0 Å². The van der Waals surface area contributed by atoms with Gasteiger partial charge in [0.1, 0.15) is 0 Å². The lowest BCUT2D eigenvalue weighted by Crippen LogP contribution is -2.50. The Hall–Kier alpha value is -2.18. The first-order valence-electron chi connectivity index (χ1n) is 9.77. The minimum Gasteiger partial charge on any atom is -0.351 e. The van der Waals surface area contributed by atoms with E-state index in [2.05, 4.69) is 31.0 Å². The molecular weight excluding hydrogens is 370 g/mol. The van der Waals surface area contributed by atoms with Gasteiger partial charge in [0.25, 0.3) is 11.8 Å². The van der Waals surface area contributed by atoms with Gasteiger partial charge in [-0.1, -0.05) is 32.9 Å². The van der Waals surface area contributed by atoms with E-state index in [0.29, 0.717) is 12.1 Å². The first-order valence-corrected chi connectivity index (χ1v) is 10.7. The Balaban J connectivity index is 1.40. The highest BCUT2D eigenvalue weighted by Crippen LogP contribution is 2.22. The largest absolute Gasteiger partial charge is 0.351 e. The number of nitrogens with one attached hydrogen (secondary N) is 1. The molecule has 2 amide bonds. The van der Waals surface area contributed by atoms with Gasteiger partial charge in [-0.3, -0.25) is 14.5 Å². The van der Waals surface area contributed by atoms with Gasteiger partial charge in [-0.25, -0.2) is 0 Å². The van der Waals surface area contributed by atoms with Gasteiger partial charge < -0.3 is 10.2 Å². The first-order chi connectivity index (χ1) is 13.3. The van der Waals surface area contributed by atoms with Crippen LogP contribution in [0.5, 0.6) is 0 Å². The number of amides is 2. The third-order valence-corrected chi connectivity index (χ3v) is 5.84. The summed E-state index contributed by atoms with van der Waals surface area (Å²) in [5.74, 6) is 0.0830. The Morgan fingerprint density at radius 2 is 1.68 bits per heavy atom. The van der Waals surface area contributed by atoms with E-state index in [9.17, 15) is 9.59 Å². The molecule has 0 spiro atoms. The fourth-order valence-electron chi connectivity index (χ4n) is 3.29. The van der Waals surface area contributed by atoms with Gasteiger partial charge >= 0.3 is 0 Å². The third kappa shape index (κ3) is 5.20. The van der Waals surface area contributed by atoms with Crippen LogP contribution in [-0.2, 0) is 5.41 Å². The number of hydrogen-bond donors (Lipinski definition) is 1. The summed E-state index contributed by atoms with van der Waals surface area (Å²) in [6, 6.07) is 9.72. The average molecular weight is 400 g/mol. The Labute approximate surface area is 171 Å². The molecule has 1 aliphatic rings. The Morgan fingerprint density at radius 3 is 2.25 bits per heavy atom. The van der Waals surface area contributed by atoms with Crippen LogP contribution in [0.4, 0.5) is 0 Å². The van der Waals surface area contributed by atoms with E-state index in [1.165, 1.54) is 5.56 Å². The monoisotopic (exact) mass is 399 g/mol. The van der Waals surface area contributed by atoms with Gasteiger partial charge in [0.15, 0.2) is 0 Å². The maximum Gasteiger partial charge on any atom is 0.254 e. The van der Waals surface area contributed by atoms with E-state index in [-0.39, 0.29) is 17.2 Å². The van der Waals surface area contributed by atoms with Crippen molar-refractivity contribution in [3.05, 3.63) is 57.8 Å². The van der Waals surface area contributed by atoms with Crippen molar-refractivity contribution in [1.82, 2.24) is 15.1 Å². The van der Waals surface area contributed by atoms with Crippen molar-refractivity contribution in [1.29, 1.82) is 0 Å². The molecule has 0 saturated carbocycles. The topological polar surface area (TPSA) is 52.7 Å². The number of hydrogen-bond acceptors (Lipinski definition) is 4. The van der Waals surface area contributed by atoms with E-state index in [0.717, 1.165) is 38.3 Å². The van der Waals surface area contributed by atoms with Crippen molar-refractivity contribution in [2.24, 2.45) is 0 Å². The molecular formula is C22H29N3O2S. The van der Waals surface area contributed by atoms with Crippen molar-refractivity contribution in [2.75, 3.05) is 39.3 Å². The summed E-state index contributed by atoms with van der Waals surface area (Å²) in [4.78, 5) is 28.9. The van der Waals surface area contributed by atoms with E-state index in [1.807, 2.05) is 46.0 Å². The number of carbonyl (C=O) groups is 2. The number of piperazine rings is 1. The van der Waals surface area contributed by atoms with Crippen LogP contribution >= 0.6 is 11.3 Å². The van der Waals surface area contributed by atoms with Crippen molar-refractivity contribution in [3.63, 3.8) is 0 Å². The molecule has 2 heterocycles. The van der Waals surface area contributed by atoms with Crippen LogP contribution in [0, 0.1) is 0 Å². The van der Waals surface area contributed by atoms with E-state index >= 15 is 0 Å². The fourth-order valence-corrected chi connectivity index (χ4v) is 3.92. The highest BCUT2D eigenvalue weighted by atomic mass is 32.1. The SMILES string of the molecule is CC(C)(C)c1ccc(C(=O)NCCN2CCN(C(=O)c3ccsc3)CC2)cc1. The summed E-state index contributed by atoms with van der Waals surface area (Å²) in [6.07, 6.45) is 0. The summed E-state index contributed by atoms with van der Waals surface area (Å²) < 4.78 is 0. The molecule has 2 aromatic rings. The van der Waals surface area contributed by atoms with Gasteiger partial charge in [-0.2, -0.15) is 11.3 Å². The van der Waals surface area contributed by atoms with Gasteiger partial charge in [0, 0.05) is 50.2 Å². The van der Waals surface area contributed by atoms with Crippen LogP contribution < -0.4 is 5.32 Å². The van der Waals surface area contributed by atoms with E-state index in [4.69, 9.17) is 0 Å². The molecule has 150 valence electrons. The smallest absolute Gasteiger partial charge is 0.254 e. The van der Waals surface area contributed by atoms with Gasteiger partial charge in [-0.05, 0) is 34.6 Å². The van der Waals surface area contributed by atoms with Crippen LogP contribution in [0.25, 0.3) is 0 Å². The molecule has 0 atom stereocenters. The highest BCUT2D eigenvalue weighted by Gasteiger charge is 2.22. The zero-order valence-electron chi connectivity index (χ0n) is 16.9. The van der Waals surface area contributed by atoms with Gasteiger partial charge in [0.05, 0.1) is 5.56 Å². The second-order valence-electron chi connectivity index (χ2n) is 8.23. The zero-order chi connectivity index (χ0) is 20.1. The minimum atomic E-state index is -0.0354. The minimum absolute atomic E-state index is 0.0354. The molecule has 1 aromatic carbocycles. The van der Waals surface area contributed by atoms with E-state index in [1.54, 1.807) is 11.3 Å². The molecule has 1 aromatic heterocycles. The number of rotatable bonds is 5. The molecule has 0 bridgehead atoms. The maximum atomic E-state index is 12.4. The molecule has 1 N–H and O–H groups in total. The molecule has 28 heavy (non-hydrogen) atoms. The Kier molecular flexibility index (Phi) is 6.52. The number of carbonyl (C=O) groups excluding carboxylic acids is 2. The van der Waals surface area contributed by atoms with Crippen molar-refractivity contribution in [3.8, 4) is 0 Å². The molecule has 6 heteroatoms. The zero-order valence-corrected chi connectivity index (χ0v) is 17.7. The van der Waals surface area contributed by atoms with Gasteiger partial charge in [-0.15, -0.1) is 0 Å². The Bertz CT molecular complexity index is 786. The van der Waals surface area contributed by atoms with Crippen LogP contribution in [0.1, 0.15) is 47.1 Å². The van der Waals surface area contributed by atoms with Crippen LogP contribution in [0.15, 0.2) is 41.1 Å². The normalized spacial score (nSPS) is 15.5. The fraction of sp³-hybridized carbons (Fsp3) is 0.455. The first kappa shape index (κ1) is 20.6. The second-order valence-corrected chi connectivity index (χ2v) is 9.01. The number of benzene rings is 1. The van der Waals surface area contributed by atoms with Crippen molar-refractivity contribution < 1.29 is 9.59 Å². The molecule has 3 rings (SSSR count). The predicted molar refractivity (Wildman–Crippen MR) is 114 cm³/mol. The lowest BCUT2D eigenvalue weighted by Gasteiger charge is -2.34. The summed E-state index contributed by atoms with van der Waals surface area (Å²) in [5, 5.41) is 6.84. The molecule has 0 aliphatic carbocycles. The van der Waals surface area contributed by atoms with E-state index < -0.39 is 0 Å². The standard InChI is InChI=1S/C22H29N3O2S/c1-22(2,3)19-6-4-17(5-7-19)20(26)23-9-10-24-11-13-25(14-12-24)21(27)18-8-15-28-16-18/h4-8,15-16H,9-14H2,1-3H3,(H,23,26). The summed E-state index contributed by atoms with van der Waals surface area (Å²) in [5.41, 5.74) is 2.78. The lowest BCUT2D eigenvalue weighted by molar-refractivity contribution is 0.0638. The molecule has 1 fully saturated rings. The molecule has 1 aliphatic heterocycles. The quantitative estimate of drug-likeness (QED) is 0.840. The summed E-state index contributed by atoms with van der Waals surface area (Å²) in [7, 11) is 0. The number of thiophene rings is 1. The molecule has 0 unspecified atom stereocenters. The summed E-state index contributed by atoms with van der Waals surface area (Å²) in [6.45, 7) is 11.0. The third-order valence-electron chi connectivity index (χ3n) is 5.15. The highest BCUT2D eigenvalue weighted by molar-refractivity contribution is 7.08. The summed E-state index contributed by atoms with van der Waals surface area (Å²) >= 11 is 1.55. The maximum absolute atomic E-state index is 12.4. The lowest BCUT2D eigenvalue weighted by atomic mass is 9.87. The predicted octanol–water partition coefficient (Wildman–Crippen LogP) is 3.23. The number of nitrogens with zero attached hydrogens (tertiary/aromatic N) is 2. The van der Waals surface area contributed by atoms with Crippen LogP contribution in [0.2, 0.25) is 0 Å². The molecule has 0 radical (unpaired) electrons. The van der Waals surface area contributed by atoms with Crippen LogP contribution in [0.3, 0.4) is 0 Å². The molecule has 5 nitrogen and oxygen atoms in total. The Morgan fingerprint density at radius 1 is 1.00 bits per heavy atom. The second kappa shape index (κ2) is 8.88. The van der Waals surface area contributed by atoms with Crippen molar-refractivity contribution >= 4 is 23.2 Å². The average Bonchev–Trinajstić information content (AvgIpc) is 3.22. The van der Waals surface area contributed by atoms with Crippen molar-refractivity contribution in [2.45, 2.75) is 26.2 Å². The molecule has 1 saturated heterocycles. The van der Waals surface area contributed by atoms with Crippen LogP contribution in [-0.4, -0.2) is 60.9 Å².